The molecular weight excluding hydrogens is 310 g/mol. The molecule has 3 heterocycles. The first kappa shape index (κ1) is 14.8. The zero-order valence-electron chi connectivity index (χ0n) is 13.2. The first-order chi connectivity index (χ1) is 11.6. The predicted octanol–water partition coefficient (Wildman–Crippen LogP) is 1.27. The number of carboxylic acids is 1. The normalized spacial score (nSPS) is 17.1. The number of carboxylic acid groups (broad SMARTS) is 1. The fourth-order valence-electron chi connectivity index (χ4n) is 3.25. The molecule has 1 aromatic carbocycles. The van der Waals surface area contributed by atoms with Crippen molar-refractivity contribution in [3.8, 4) is 5.75 Å². The molecule has 1 saturated heterocycles. The fourth-order valence-corrected chi connectivity index (χ4v) is 3.25. The number of benzene rings is 1. The minimum atomic E-state index is -1.23. The van der Waals surface area contributed by atoms with Crippen molar-refractivity contribution in [2.45, 2.75) is 0 Å². The molecule has 1 fully saturated rings. The number of carbonyl (C=O) groups is 1. The molecule has 0 saturated carbocycles. The second-order valence-electron chi connectivity index (χ2n) is 6.09. The van der Waals surface area contributed by atoms with Gasteiger partial charge in [-0.3, -0.25) is 4.79 Å². The molecule has 0 amide bonds. The summed E-state index contributed by atoms with van der Waals surface area (Å²) in [4.78, 5) is 28.2. The molecule has 2 aromatic rings. The standard InChI is InChI=1S/C17H17N3O4/c1-18-4-6-19(7-5-18)13-3-2-11-14-16(13)24-9-8-20(14)10-12(15(11)21)17(22)23/h2-3,8-10H,4-7H2,1H3,(H,22,23). The first-order valence-corrected chi connectivity index (χ1v) is 7.78. The van der Waals surface area contributed by atoms with Gasteiger partial charge in [-0.05, 0) is 19.2 Å². The number of aromatic nitrogens is 1. The Morgan fingerprint density at radius 2 is 1.96 bits per heavy atom. The van der Waals surface area contributed by atoms with Crippen molar-refractivity contribution in [3.05, 3.63) is 40.4 Å². The van der Waals surface area contributed by atoms with E-state index in [2.05, 4.69) is 16.8 Å². The van der Waals surface area contributed by atoms with E-state index in [9.17, 15) is 14.7 Å². The predicted molar refractivity (Wildman–Crippen MR) is 90.8 cm³/mol. The third-order valence-electron chi connectivity index (χ3n) is 4.61. The first-order valence-electron chi connectivity index (χ1n) is 7.78. The molecule has 0 radical (unpaired) electrons. The SMILES string of the molecule is CN1CCN(c2ccc3c(=O)c(C(=O)O)cn4c3c2OC=C4)CC1. The Labute approximate surface area is 138 Å². The summed E-state index contributed by atoms with van der Waals surface area (Å²) >= 11 is 0. The van der Waals surface area contributed by atoms with Crippen LogP contribution in [0.15, 0.2) is 29.4 Å². The molecule has 7 nitrogen and oxygen atoms in total. The van der Waals surface area contributed by atoms with Gasteiger partial charge in [-0.1, -0.05) is 0 Å². The highest BCUT2D eigenvalue weighted by Gasteiger charge is 2.24. The summed E-state index contributed by atoms with van der Waals surface area (Å²) in [6, 6.07) is 3.54. The maximum Gasteiger partial charge on any atom is 0.341 e. The lowest BCUT2D eigenvalue weighted by atomic mass is 10.1. The van der Waals surface area contributed by atoms with Gasteiger partial charge in [0.25, 0.3) is 0 Å². The average Bonchev–Trinajstić information content (AvgIpc) is 2.58. The number of piperazine rings is 1. The lowest BCUT2D eigenvalue weighted by Gasteiger charge is -2.35. The number of hydrogen-bond donors (Lipinski definition) is 1. The Kier molecular flexibility index (Phi) is 3.31. The summed E-state index contributed by atoms with van der Waals surface area (Å²) in [5.41, 5.74) is 0.811. The molecule has 124 valence electrons. The topological polar surface area (TPSA) is 75.0 Å². The number of nitrogens with zero attached hydrogens (tertiary/aromatic N) is 3. The van der Waals surface area contributed by atoms with E-state index in [0.29, 0.717) is 16.7 Å². The summed E-state index contributed by atoms with van der Waals surface area (Å²) < 4.78 is 7.37. The number of pyridine rings is 1. The number of ether oxygens (including phenoxy) is 1. The average molecular weight is 327 g/mol. The Hall–Kier alpha value is -2.80. The third-order valence-corrected chi connectivity index (χ3v) is 4.61. The number of likely N-dealkylation sites (N-methyl/N-ethyl adjacent to an activating group) is 1. The summed E-state index contributed by atoms with van der Waals surface area (Å²) in [7, 11) is 2.09. The van der Waals surface area contributed by atoms with Gasteiger partial charge in [0.1, 0.15) is 17.3 Å². The largest absolute Gasteiger partial charge is 0.477 e. The van der Waals surface area contributed by atoms with Gasteiger partial charge >= 0.3 is 5.97 Å². The van der Waals surface area contributed by atoms with Gasteiger partial charge in [0.05, 0.1) is 11.1 Å². The lowest BCUT2D eigenvalue weighted by Crippen LogP contribution is -2.44. The van der Waals surface area contributed by atoms with Crippen molar-refractivity contribution in [1.82, 2.24) is 9.47 Å². The van der Waals surface area contributed by atoms with Crippen molar-refractivity contribution in [1.29, 1.82) is 0 Å². The van der Waals surface area contributed by atoms with E-state index in [-0.39, 0.29) is 5.56 Å². The van der Waals surface area contributed by atoms with Crippen LogP contribution in [0.5, 0.6) is 5.75 Å². The molecule has 4 rings (SSSR count). The minimum absolute atomic E-state index is 0.243. The second kappa shape index (κ2) is 5.38. The highest BCUT2D eigenvalue weighted by Crippen LogP contribution is 2.38. The minimum Gasteiger partial charge on any atom is -0.477 e. The molecule has 0 aliphatic carbocycles. The van der Waals surface area contributed by atoms with E-state index < -0.39 is 11.4 Å². The smallest absolute Gasteiger partial charge is 0.341 e. The van der Waals surface area contributed by atoms with Gasteiger partial charge in [0.15, 0.2) is 5.75 Å². The molecule has 2 aliphatic rings. The molecule has 0 atom stereocenters. The van der Waals surface area contributed by atoms with E-state index in [4.69, 9.17) is 4.74 Å². The monoisotopic (exact) mass is 327 g/mol. The maximum atomic E-state index is 12.5. The Balaban J connectivity index is 1.93. The number of hydrogen-bond acceptors (Lipinski definition) is 5. The van der Waals surface area contributed by atoms with Crippen LogP contribution in [0.4, 0.5) is 5.69 Å². The molecule has 0 bridgehead atoms. The molecule has 7 heteroatoms. The van der Waals surface area contributed by atoms with Crippen LogP contribution in [-0.2, 0) is 0 Å². The highest BCUT2D eigenvalue weighted by molar-refractivity contribution is 5.98. The van der Waals surface area contributed by atoms with Crippen LogP contribution in [0.3, 0.4) is 0 Å². The van der Waals surface area contributed by atoms with E-state index in [1.165, 1.54) is 12.5 Å². The van der Waals surface area contributed by atoms with E-state index in [1.54, 1.807) is 16.8 Å². The van der Waals surface area contributed by atoms with Crippen LogP contribution >= 0.6 is 0 Å². The van der Waals surface area contributed by atoms with Crippen molar-refractivity contribution in [3.63, 3.8) is 0 Å². The summed E-state index contributed by atoms with van der Waals surface area (Å²) in [6.45, 7) is 3.66. The molecular formula is C17H17N3O4. The molecule has 2 aliphatic heterocycles. The van der Waals surface area contributed by atoms with Crippen molar-refractivity contribution in [2.24, 2.45) is 0 Å². The molecule has 24 heavy (non-hydrogen) atoms. The van der Waals surface area contributed by atoms with Crippen LogP contribution in [0.1, 0.15) is 10.4 Å². The van der Waals surface area contributed by atoms with Crippen LogP contribution in [0.2, 0.25) is 0 Å². The van der Waals surface area contributed by atoms with E-state index in [0.717, 1.165) is 31.9 Å². The van der Waals surface area contributed by atoms with E-state index in [1.807, 2.05) is 6.07 Å². The van der Waals surface area contributed by atoms with Gasteiger partial charge < -0.3 is 24.2 Å². The zero-order chi connectivity index (χ0) is 16.8. The van der Waals surface area contributed by atoms with Crippen molar-refractivity contribution in [2.75, 3.05) is 38.1 Å². The van der Waals surface area contributed by atoms with Crippen molar-refractivity contribution >= 4 is 28.8 Å². The molecule has 0 unspecified atom stereocenters. The Morgan fingerprint density at radius 3 is 2.67 bits per heavy atom. The van der Waals surface area contributed by atoms with Crippen LogP contribution in [0, 0.1) is 0 Å². The Morgan fingerprint density at radius 1 is 1.21 bits per heavy atom. The van der Waals surface area contributed by atoms with Gasteiger partial charge in [-0.2, -0.15) is 0 Å². The zero-order valence-corrected chi connectivity index (χ0v) is 13.2. The highest BCUT2D eigenvalue weighted by atomic mass is 16.5. The summed E-state index contributed by atoms with van der Waals surface area (Å²) in [5, 5.41) is 9.59. The van der Waals surface area contributed by atoms with Gasteiger partial charge in [0, 0.05) is 38.6 Å². The number of anilines is 1. The van der Waals surface area contributed by atoms with Gasteiger partial charge in [0.2, 0.25) is 5.43 Å². The van der Waals surface area contributed by atoms with E-state index >= 15 is 0 Å². The summed E-state index contributed by atoms with van der Waals surface area (Å²) in [6.07, 6.45) is 4.48. The molecule has 0 spiro atoms. The molecule has 1 N–H and O–H groups in total. The van der Waals surface area contributed by atoms with Crippen LogP contribution in [-0.4, -0.2) is 53.8 Å². The van der Waals surface area contributed by atoms with Gasteiger partial charge in [-0.15, -0.1) is 0 Å². The number of rotatable bonds is 2. The lowest BCUT2D eigenvalue weighted by molar-refractivity contribution is 0.0695. The third kappa shape index (κ3) is 2.16. The number of aromatic carboxylic acids is 1. The molecule has 1 aromatic heterocycles. The maximum absolute atomic E-state index is 12.5. The Bertz CT molecular complexity index is 924. The van der Waals surface area contributed by atoms with Crippen LogP contribution in [0.25, 0.3) is 17.1 Å². The van der Waals surface area contributed by atoms with Gasteiger partial charge in [-0.25, -0.2) is 4.79 Å². The fraction of sp³-hybridized carbons (Fsp3) is 0.294. The quantitative estimate of drug-likeness (QED) is 0.895. The summed E-state index contributed by atoms with van der Waals surface area (Å²) in [5.74, 6) is -0.621. The van der Waals surface area contributed by atoms with Crippen LogP contribution < -0.4 is 15.1 Å². The van der Waals surface area contributed by atoms with Crippen molar-refractivity contribution < 1.29 is 14.6 Å². The second-order valence-corrected chi connectivity index (χ2v) is 6.09.